The predicted molar refractivity (Wildman–Crippen MR) is 118 cm³/mol. The molecular weight excluding hydrogens is 346 g/mol. The van der Waals surface area contributed by atoms with Crippen molar-refractivity contribution in [1.29, 1.82) is 0 Å². The molecule has 0 unspecified atom stereocenters. The Morgan fingerprint density at radius 3 is 2.39 bits per heavy atom. The van der Waals surface area contributed by atoms with E-state index >= 15 is 0 Å². The molecule has 0 saturated heterocycles. The number of hydrogen-bond donors (Lipinski definition) is 0. The maximum Gasteiger partial charge on any atom is 0.225 e. The molecule has 0 N–H and O–H groups in total. The number of ether oxygens (including phenoxy) is 1. The van der Waals surface area contributed by atoms with E-state index in [4.69, 9.17) is 4.74 Å². The van der Waals surface area contributed by atoms with E-state index in [0.29, 0.717) is 24.9 Å². The highest BCUT2D eigenvalue weighted by Crippen LogP contribution is 2.31. The molecule has 0 atom stereocenters. The van der Waals surface area contributed by atoms with Crippen LogP contribution in [0.15, 0.2) is 18.2 Å². The Bertz CT molecular complexity index is 673. The van der Waals surface area contributed by atoms with Crippen molar-refractivity contribution in [3.63, 3.8) is 0 Å². The van der Waals surface area contributed by atoms with E-state index in [2.05, 4.69) is 59.7 Å². The van der Waals surface area contributed by atoms with E-state index in [1.807, 2.05) is 18.7 Å². The fraction of sp³-hybridized carbons (Fsp3) is 0.720. The van der Waals surface area contributed by atoms with Gasteiger partial charge in [0, 0.05) is 19.7 Å². The van der Waals surface area contributed by atoms with Crippen LogP contribution in [0.4, 0.5) is 0 Å². The van der Waals surface area contributed by atoms with Gasteiger partial charge in [-0.05, 0) is 60.6 Å². The minimum absolute atomic E-state index is 0.203. The molecule has 1 aromatic rings. The third kappa shape index (κ3) is 6.07. The average molecular weight is 388 g/mol. The van der Waals surface area contributed by atoms with Crippen LogP contribution in [-0.2, 0) is 22.5 Å². The van der Waals surface area contributed by atoms with E-state index in [1.165, 1.54) is 16.7 Å². The minimum Gasteiger partial charge on any atom is -0.375 e. The van der Waals surface area contributed by atoms with Crippen LogP contribution in [0.5, 0.6) is 0 Å². The molecule has 1 heterocycles. The average Bonchev–Trinajstić information content (AvgIpc) is 2.59. The number of rotatable bonds is 8. The first-order valence-electron chi connectivity index (χ1n) is 10.9. The Balaban J connectivity index is 1.92. The van der Waals surface area contributed by atoms with E-state index < -0.39 is 5.60 Å². The summed E-state index contributed by atoms with van der Waals surface area (Å²) in [7, 11) is 0. The molecule has 1 aliphatic rings. The van der Waals surface area contributed by atoms with E-state index in [1.54, 1.807) is 0 Å². The zero-order valence-electron chi connectivity index (χ0n) is 19.4. The highest BCUT2D eigenvalue weighted by atomic mass is 16.5. The van der Waals surface area contributed by atoms with E-state index in [0.717, 1.165) is 25.9 Å². The van der Waals surface area contributed by atoms with Crippen LogP contribution in [0.2, 0.25) is 0 Å². The monoisotopic (exact) mass is 387 g/mol. The molecule has 0 aromatic heterocycles. The van der Waals surface area contributed by atoms with Gasteiger partial charge in [-0.3, -0.25) is 4.79 Å². The van der Waals surface area contributed by atoms with Crippen LogP contribution >= 0.6 is 0 Å². The first-order valence-corrected chi connectivity index (χ1v) is 10.9. The summed E-state index contributed by atoms with van der Waals surface area (Å²) in [4.78, 5) is 15.0. The second kappa shape index (κ2) is 8.98. The summed E-state index contributed by atoms with van der Waals surface area (Å²) in [6, 6.07) is 6.77. The standard InChI is InChI=1S/C25H41NO2/c1-18(2)21-10-9-20-11-13-26(17-22(20)15-21)23(27)16-25(7,8)28-14-12-24(5,6)19(3)4/h9-10,15,18-19H,11-14,16-17H2,1-8H3. The van der Waals surface area contributed by atoms with Crippen molar-refractivity contribution < 1.29 is 9.53 Å². The van der Waals surface area contributed by atoms with Crippen molar-refractivity contribution in [2.75, 3.05) is 13.2 Å². The molecule has 28 heavy (non-hydrogen) atoms. The van der Waals surface area contributed by atoms with Gasteiger partial charge in [0.2, 0.25) is 5.91 Å². The summed E-state index contributed by atoms with van der Waals surface area (Å²) in [6.07, 6.45) is 2.40. The second-order valence-electron chi connectivity index (χ2n) is 10.4. The van der Waals surface area contributed by atoms with E-state index in [-0.39, 0.29) is 11.3 Å². The first kappa shape index (κ1) is 22.9. The van der Waals surface area contributed by atoms with Crippen molar-refractivity contribution in [2.45, 2.75) is 92.7 Å². The SMILES string of the molecule is CC(C)c1ccc2c(c1)CN(C(=O)CC(C)(C)OCCC(C)(C)C(C)C)CC2. The molecule has 0 radical (unpaired) electrons. The molecule has 3 heteroatoms. The highest BCUT2D eigenvalue weighted by Gasteiger charge is 2.29. The minimum atomic E-state index is -0.426. The van der Waals surface area contributed by atoms with Gasteiger partial charge in [-0.25, -0.2) is 0 Å². The van der Waals surface area contributed by atoms with Crippen LogP contribution in [0.3, 0.4) is 0 Å². The molecule has 3 nitrogen and oxygen atoms in total. The lowest BCUT2D eigenvalue weighted by molar-refractivity contribution is -0.139. The largest absolute Gasteiger partial charge is 0.375 e. The normalized spacial score (nSPS) is 15.3. The number of carbonyl (C=O) groups is 1. The molecule has 158 valence electrons. The Morgan fingerprint density at radius 2 is 1.79 bits per heavy atom. The summed E-state index contributed by atoms with van der Waals surface area (Å²) < 4.78 is 6.15. The smallest absolute Gasteiger partial charge is 0.225 e. The number of amides is 1. The van der Waals surface area contributed by atoms with Gasteiger partial charge in [0.05, 0.1) is 12.0 Å². The number of benzene rings is 1. The zero-order valence-corrected chi connectivity index (χ0v) is 19.4. The molecule has 0 spiro atoms. The summed E-state index contributed by atoms with van der Waals surface area (Å²) in [5.41, 5.74) is 3.88. The van der Waals surface area contributed by atoms with Crippen molar-refractivity contribution in [3.8, 4) is 0 Å². The summed E-state index contributed by atoms with van der Waals surface area (Å²) in [5, 5.41) is 0. The van der Waals surface area contributed by atoms with Crippen molar-refractivity contribution in [1.82, 2.24) is 4.90 Å². The Kier molecular flexibility index (Phi) is 7.36. The van der Waals surface area contributed by atoms with Crippen LogP contribution in [-0.4, -0.2) is 29.6 Å². The fourth-order valence-corrected chi connectivity index (χ4v) is 3.56. The van der Waals surface area contributed by atoms with Gasteiger partial charge >= 0.3 is 0 Å². The lowest BCUT2D eigenvalue weighted by atomic mass is 9.78. The zero-order chi connectivity index (χ0) is 21.1. The number of fused-ring (bicyclic) bond motifs is 1. The lowest BCUT2D eigenvalue weighted by Gasteiger charge is -2.34. The second-order valence-corrected chi connectivity index (χ2v) is 10.4. The maximum atomic E-state index is 13.0. The molecular formula is C25H41NO2. The van der Waals surface area contributed by atoms with Gasteiger partial charge in [-0.1, -0.05) is 59.7 Å². The van der Waals surface area contributed by atoms with Gasteiger partial charge in [-0.2, -0.15) is 0 Å². The van der Waals surface area contributed by atoms with E-state index in [9.17, 15) is 4.79 Å². The number of nitrogens with zero attached hydrogens (tertiary/aromatic N) is 1. The van der Waals surface area contributed by atoms with Gasteiger partial charge in [0.15, 0.2) is 0 Å². The number of carbonyl (C=O) groups excluding carboxylic acids is 1. The van der Waals surface area contributed by atoms with Crippen LogP contribution in [0.1, 0.15) is 90.8 Å². The molecule has 0 aliphatic carbocycles. The molecule has 1 aromatic carbocycles. The first-order chi connectivity index (χ1) is 12.9. The van der Waals surface area contributed by atoms with Crippen LogP contribution in [0, 0.1) is 11.3 Å². The topological polar surface area (TPSA) is 29.5 Å². The van der Waals surface area contributed by atoms with Crippen molar-refractivity contribution >= 4 is 5.91 Å². The van der Waals surface area contributed by atoms with Gasteiger partial charge in [-0.15, -0.1) is 0 Å². The van der Waals surface area contributed by atoms with Gasteiger partial charge < -0.3 is 9.64 Å². The Hall–Kier alpha value is -1.35. The predicted octanol–water partition coefficient (Wildman–Crippen LogP) is 5.95. The molecule has 0 saturated carbocycles. The number of hydrogen-bond acceptors (Lipinski definition) is 2. The maximum absolute atomic E-state index is 13.0. The molecule has 1 aliphatic heterocycles. The molecule has 1 amide bonds. The Morgan fingerprint density at radius 1 is 1.11 bits per heavy atom. The van der Waals surface area contributed by atoms with Gasteiger partial charge in [0.25, 0.3) is 0 Å². The Labute approximate surface area is 172 Å². The lowest BCUT2D eigenvalue weighted by Crippen LogP contribution is -2.41. The highest BCUT2D eigenvalue weighted by molar-refractivity contribution is 5.77. The third-order valence-electron chi connectivity index (χ3n) is 6.64. The quantitative estimate of drug-likeness (QED) is 0.551. The molecule has 0 fully saturated rings. The van der Waals surface area contributed by atoms with Crippen LogP contribution in [0.25, 0.3) is 0 Å². The van der Waals surface area contributed by atoms with Crippen molar-refractivity contribution in [3.05, 3.63) is 34.9 Å². The third-order valence-corrected chi connectivity index (χ3v) is 6.64. The van der Waals surface area contributed by atoms with Crippen LogP contribution < -0.4 is 0 Å². The molecule has 2 rings (SSSR count). The summed E-state index contributed by atoms with van der Waals surface area (Å²) >= 11 is 0. The van der Waals surface area contributed by atoms with Gasteiger partial charge in [0.1, 0.15) is 0 Å². The van der Waals surface area contributed by atoms with Crippen molar-refractivity contribution in [2.24, 2.45) is 11.3 Å². The fourth-order valence-electron chi connectivity index (χ4n) is 3.56. The summed E-state index contributed by atoms with van der Waals surface area (Å²) in [5.74, 6) is 1.33. The molecule has 0 bridgehead atoms. The summed E-state index contributed by atoms with van der Waals surface area (Å²) in [6.45, 7) is 19.8.